The van der Waals surface area contributed by atoms with Gasteiger partial charge in [-0.05, 0) is 24.6 Å². The second-order valence-electron chi connectivity index (χ2n) is 6.11. The Kier molecular flexibility index (Phi) is 5.42. The van der Waals surface area contributed by atoms with Crippen LogP contribution in [0.25, 0.3) is 10.9 Å². The number of hydrogen-bond acceptors (Lipinski definition) is 8. The fraction of sp³-hybridized carbons (Fsp3) is 0.412. The summed E-state index contributed by atoms with van der Waals surface area (Å²) in [5, 5.41) is 39.5. The van der Waals surface area contributed by atoms with E-state index in [4.69, 9.17) is 21.1 Å². The molecule has 1 saturated heterocycles. The quantitative estimate of drug-likeness (QED) is 0.551. The fourth-order valence-electron chi connectivity index (χ4n) is 2.81. The van der Waals surface area contributed by atoms with E-state index in [2.05, 4.69) is 4.98 Å². The Hall–Kier alpha value is -1.81. The number of halogens is 1. The predicted molar refractivity (Wildman–Crippen MR) is 90.7 cm³/mol. The second kappa shape index (κ2) is 7.43. The Morgan fingerprint density at radius 1 is 1.27 bits per heavy atom. The summed E-state index contributed by atoms with van der Waals surface area (Å²) in [6, 6.07) is 5.06. The van der Waals surface area contributed by atoms with Gasteiger partial charge in [0.1, 0.15) is 30.0 Å². The minimum Gasteiger partial charge on any atom is -0.429 e. The van der Waals surface area contributed by atoms with Crippen LogP contribution in [0.2, 0.25) is 5.02 Å². The van der Waals surface area contributed by atoms with Gasteiger partial charge in [-0.1, -0.05) is 17.7 Å². The smallest absolute Gasteiger partial charge is 0.344 e. The fourth-order valence-corrected chi connectivity index (χ4v) is 3.04. The molecule has 0 amide bonds. The molecule has 0 radical (unpaired) electrons. The lowest BCUT2D eigenvalue weighted by molar-refractivity contribution is -0.285. The van der Waals surface area contributed by atoms with Gasteiger partial charge >= 0.3 is 5.97 Å². The molecule has 4 N–H and O–H groups in total. The lowest BCUT2D eigenvalue weighted by Gasteiger charge is -2.39. The molecule has 1 aliphatic rings. The molecule has 0 aliphatic carbocycles. The zero-order chi connectivity index (χ0) is 19.0. The molecular formula is C17H18ClNO7. The zero-order valence-electron chi connectivity index (χ0n) is 13.7. The van der Waals surface area contributed by atoms with Gasteiger partial charge in [0, 0.05) is 11.6 Å². The minimum absolute atomic E-state index is 0.0128. The van der Waals surface area contributed by atoms with E-state index in [1.807, 2.05) is 13.0 Å². The van der Waals surface area contributed by atoms with Crippen LogP contribution < -0.4 is 0 Å². The number of carbonyl (C=O) groups is 1. The molecule has 5 atom stereocenters. The van der Waals surface area contributed by atoms with Gasteiger partial charge in [0.25, 0.3) is 0 Å². The van der Waals surface area contributed by atoms with Gasteiger partial charge in [-0.2, -0.15) is 0 Å². The van der Waals surface area contributed by atoms with Crippen LogP contribution in [0, 0.1) is 6.92 Å². The van der Waals surface area contributed by atoms with E-state index in [9.17, 15) is 25.2 Å². The SMILES string of the molecule is Cc1cnc2c(C(=O)O[C@@H]3O[C@H](CO)[C@@H](O)[C@H](O)[C@H]3O)c(Cl)ccc2c1. The van der Waals surface area contributed by atoms with Gasteiger partial charge in [0.05, 0.1) is 17.1 Å². The molecule has 0 unspecified atom stereocenters. The summed E-state index contributed by atoms with van der Waals surface area (Å²) in [7, 11) is 0. The molecule has 1 aromatic heterocycles. The number of carbonyl (C=O) groups excluding carboxylic acids is 1. The molecule has 0 spiro atoms. The topological polar surface area (TPSA) is 129 Å². The number of benzene rings is 1. The highest BCUT2D eigenvalue weighted by molar-refractivity contribution is 6.35. The molecule has 2 heterocycles. The maximum atomic E-state index is 12.6. The Labute approximate surface area is 153 Å². The molecule has 1 aromatic carbocycles. The third kappa shape index (κ3) is 3.39. The molecule has 3 rings (SSSR count). The summed E-state index contributed by atoms with van der Waals surface area (Å²) in [4.78, 5) is 16.8. The van der Waals surface area contributed by atoms with Gasteiger partial charge < -0.3 is 29.9 Å². The van der Waals surface area contributed by atoms with E-state index in [-0.39, 0.29) is 10.6 Å². The van der Waals surface area contributed by atoms with Gasteiger partial charge in [0.15, 0.2) is 0 Å². The number of ether oxygens (including phenoxy) is 2. The van der Waals surface area contributed by atoms with Crippen molar-refractivity contribution in [2.45, 2.75) is 37.6 Å². The van der Waals surface area contributed by atoms with Crippen molar-refractivity contribution in [3.8, 4) is 0 Å². The lowest BCUT2D eigenvalue weighted by Crippen LogP contribution is -2.59. The van der Waals surface area contributed by atoms with Crippen molar-refractivity contribution < 1.29 is 34.7 Å². The van der Waals surface area contributed by atoms with Crippen LogP contribution in [0.1, 0.15) is 15.9 Å². The first kappa shape index (κ1) is 19.0. The molecule has 2 aromatic rings. The summed E-state index contributed by atoms with van der Waals surface area (Å²) in [5.74, 6) is -0.915. The number of nitrogens with zero attached hydrogens (tertiary/aromatic N) is 1. The van der Waals surface area contributed by atoms with E-state index in [1.54, 1.807) is 12.3 Å². The number of aliphatic hydroxyl groups excluding tert-OH is 4. The molecule has 1 fully saturated rings. The van der Waals surface area contributed by atoms with Crippen molar-refractivity contribution in [2.24, 2.45) is 0 Å². The number of esters is 1. The molecule has 26 heavy (non-hydrogen) atoms. The average molecular weight is 384 g/mol. The van der Waals surface area contributed by atoms with Crippen LogP contribution in [0.4, 0.5) is 0 Å². The van der Waals surface area contributed by atoms with Crippen molar-refractivity contribution in [1.29, 1.82) is 0 Å². The molecular weight excluding hydrogens is 366 g/mol. The third-order valence-corrected chi connectivity index (χ3v) is 4.53. The van der Waals surface area contributed by atoms with Crippen LogP contribution in [0.3, 0.4) is 0 Å². The van der Waals surface area contributed by atoms with Crippen molar-refractivity contribution >= 4 is 28.5 Å². The monoisotopic (exact) mass is 383 g/mol. The largest absolute Gasteiger partial charge is 0.429 e. The highest BCUT2D eigenvalue weighted by Crippen LogP contribution is 2.28. The Morgan fingerprint density at radius 2 is 2.00 bits per heavy atom. The number of aliphatic hydroxyl groups is 4. The number of rotatable bonds is 3. The highest BCUT2D eigenvalue weighted by atomic mass is 35.5. The van der Waals surface area contributed by atoms with Gasteiger partial charge in [0.2, 0.25) is 6.29 Å². The molecule has 0 bridgehead atoms. The number of fused-ring (bicyclic) bond motifs is 1. The first-order valence-corrected chi connectivity index (χ1v) is 8.27. The molecule has 8 nitrogen and oxygen atoms in total. The molecule has 140 valence electrons. The molecule has 9 heteroatoms. The summed E-state index contributed by atoms with van der Waals surface area (Å²) in [6.45, 7) is 1.22. The van der Waals surface area contributed by atoms with Crippen molar-refractivity contribution in [3.63, 3.8) is 0 Å². The molecule has 1 aliphatic heterocycles. The van der Waals surface area contributed by atoms with Crippen LogP contribution >= 0.6 is 11.6 Å². The van der Waals surface area contributed by atoms with Gasteiger partial charge in [-0.3, -0.25) is 4.98 Å². The maximum Gasteiger partial charge on any atom is 0.344 e. The minimum atomic E-state index is -1.69. The standard InChI is InChI=1S/C17H18ClNO7/c1-7-4-8-2-3-9(18)11(12(8)19-5-7)16(24)26-17-15(23)14(22)13(21)10(6-20)25-17/h2-5,10,13-15,17,20-23H,6H2,1H3/t10-,13-,14+,15-,17+/m1/s1. The Bertz CT molecular complexity index is 828. The number of aryl methyl sites for hydroxylation is 1. The average Bonchev–Trinajstić information content (AvgIpc) is 2.62. The van der Waals surface area contributed by atoms with E-state index >= 15 is 0 Å². The first-order valence-electron chi connectivity index (χ1n) is 7.90. The normalized spacial score (nSPS) is 28.9. The van der Waals surface area contributed by atoms with Crippen LogP contribution in [-0.4, -0.2) is 68.7 Å². The highest BCUT2D eigenvalue weighted by Gasteiger charge is 2.45. The van der Waals surface area contributed by atoms with Crippen LogP contribution in [0.5, 0.6) is 0 Å². The number of pyridine rings is 1. The maximum absolute atomic E-state index is 12.6. The van der Waals surface area contributed by atoms with E-state index in [1.165, 1.54) is 6.07 Å². The third-order valence-electron chi connectivity index (χ3n) is 4.21. The van der Waals surface area contributed by atoms with E-state index < -0.39 is 43.3 Å². The zero-order valence-corrected chi connectivity index (χ0v) is 14.5. The number of hydrogen-bond donors (Lipinski definition) is 4. The van der Waals surface area contributed by atoms with Crippen LogP contribution in [0.15, 0.2) is 24.4 Å². The molecule has 0 saturated carbocycles. The van der Waals surface area contributed by atoms with E-state index in [0.717, 1.165) is 5.56 Å². The summed E-state index contributed by atoms with van der Waals surface area (Å²) in [6.07, 6.45) is -6.09. The summed E-state index contributed by atoms with van der Waals surface area (Å²) < 4.78 is 10.3. The van der Waals surface area contributed by atoms with Crippen molar-refractivity contribution in [2.75, 3.05) is 6.61 Å². The van der Waals surface area contributed by atoms with Gasteiger partial charge in [-0.15, -0.1) is 0 Å². The summed E-state index contributed by atoms with van der Waals surface area (Å²) >= 11 is 6.13. The summed E-state index contributed by atoms with van der Waals surface area (Å²) in [5.41, 5.74) is 1.20. The Morgan fingerprint density at radius 3 is 2.69 bits per heavy atom. The van der Waals surface area contributed by atoms with E-state index in [0.29, 0.717) is 10.9 Å². The number of aromatic nitrogens is 1. The first-order chi connectivity index (χ1) is 12.3. The lowest BCUT2D eigenvalue weighted by atomic mass is 9.99. The predicted octanol–water partition coefficient (Wildman–Crippen LogP) is 0.153. The van der Waals surface area contributed by atoms with Crippen LogP contribution in [-0.2, 0) is 9.47 Å². The Balaban J connectivity index is 1.91. The van der Waals surface area contributed by atoms with Crippen molar-refractivity contribution in [3.05, 3.63) is 40.5 Å². The second-order valence-corrected chi connectivity index (χ2v) is 6.52. The van der Waals surface area contributed by atoms with Crippen molar-refractivity contribution in [1.82, 2.24) is 4.98 Å². The van der Waals surface area contributed by atoms with Gasteiger partial charge in [-0.25, -0.2) is 4.79 Å².